The minimum absolute atomic E-state index is 0.0237. The van der Waals surface area contributed by atoms with Gasteiger partial charge in [0, 0.05) is 44.7 Å². The van der Waals surface area contributed by atoms with Gasteiger partial charge in [-0.2, -0.15) is 0 Å². The average Bonchev–Trinajstić information content (AvgIpc) is 3.06. The molecule has 132 valence electrons. The number of furan rings is 1. The molecule has 0 radical (unpaired) electrons. The zero-order valence-corrected chi connectivity index (χ0v) is 14.9. The number of aliphatic hydroxyl groups is 1. The molecule has 5 heteroatoms. The van der Waals surface area contributed by atoms with Gasteiger partial charge in [0.25, 0.3) is 0 Å². The first-order valence-electron chi connectivity index (χ1n) is 8.83. The number of carbonyl (C=O) groups excluding carboxylic acids is 1. The third kappa shape index (κ3) is 4.48. The summed E-state index contributed by atoms with van der Waals surface area (Å²) in [5, 5.41) is 9.87. The third-order valence-electron chi connectivity index (χ3n) is 4.81. The molecule has 1 aliphatic heterocycles. The number of nitrogens with zero attached hydrogens (tertiary/aromatic N) is 2. The molecule has 2 atom stereocenters. The van der Waals surface area contributed by atoms with Crippen LogP contribution in [0.4, 0.5) is 0 Å². The van der Waals surface area contributed by atoms with Crippen molar-refractivity contribution in [1.82, 2.24) is 9.80 Å². The summed E-state index contributed by atoms with van der Waals surface area (Å²) in [5.41, 5.74) is -0.692. The lowest BCUT2D eigenvalue weighted by atomic mass is 10.1. The summed E-state index contributed by atoms with van der Waals surface area (Å²) in [6, 6.07) is 3.96. The van der Waals surface area contributed by atoms with E-state index in [-0.39, 0.29) is 5.91 Å². The molecule has 2 heterocycles. The molecule has 0 bridgehead atoms. The van der Waals surface area contributed by atoms with E-state index in [4.69, 9.17) is 4.42 Å². The molecule has 1 aromatic heterocycles. The van der Waals surface area contributed by atoms with Crippen molar-refractivity contribution >= 4 is 12.0 Å². The van der Waals surface area contributed by atoms with Gasteiger partial charge in [0.15, 0.2) is 0 Å². The first kappa shape index (κ1) is 17.2. The Morgan fingerprint density at radius 3 is 2.58 bits per heavy atom. The molecule has 24 heavy (non-hydrogen) atoms. The smallest absolute Gasteiger partial charge is 0.246 e. The highest BCUT2D eigenvalue weighted by Gasteiger charge is 2.36. The van der Waals surface area contributed by atoms with E-state index >= 15 is 0 Å². The molecule has 1 aliphatic carbocycles. The van der Waals surface area contributed by atoms with Crippen LogP contribution >= 0.6 is 0 Å². The van der Waals surface area contributed by atoms with Gasteiger partial charge in [0.05, 0.1) is 5.60 Å². The lowest BCUT2D eigenvalue weighted by molar-refractivity contribution is -0.128. The molecule has 5 nitrogen and oxygen atoms in total. The van der Waals surface area contributed by atoms with Crippen LogP contribution in [0.15, 0.2) is 22.6 Å². The molecule has 1 saturated carbocycles. The van der Waals surface area contributed by atoms with Crippen LogP contribution in [0, 0.1) is 5.92 Å². The predicted octanol–water partition coefficient (Wildman–Crippen LogP) is 2.33. The fraction of sp³-hybridized carbons (Fsp3) is 0.632. The molecule has 0 aromatic carbocycles. The van der Waals surface area contributed by atoms with Crippen LogP contribution in [0.3, 0.4) is 0 Å². The van der Waals surface area contributed by atoms with Gasteiger partial charge >= 0.3 is 0 Å². The van der Waals surface area contributed by atoms with Crippen molar-refractivity contribution in [3.05, 3.63) is 29.7 Å². The van der Waals surface area contributed by atoms with Crippen LogP contribution in [-0.4, -0.2) is 59.1 Å². The van der Waals surface area contributed by atoms with Gasteiger partial charge in [-0.1, -0.05) is 6.92 Å². The largest absolute Gasteiger partial charge is 0.461 e. The summed E-state index contributed by atoms with van der Waals surface area (Å²) in [4.78, 5) is 16.3. The summed E-state index contributed by atoms with van der Waals surface area (Å²) < 4.78 is 5.79. The third-order valence-corrected chi connectivity index (χ3v) is 4.81. The molecule has 1 saturated heterocycles. The molecular weight excluding hydrogens is 304 g/mol. The van der Waals surface area contributed by atoms with Crippen molar-refractivity contribution in [1.29, 1.82) is 0 Å². The highest BCUT2D eigenvalue weighted by molar-refractivity contribution is 5.91. The van der Waals surface area contributed by atoms with Gasteiger partial charge in [-0.15, -0.1) is 0 Å². The number of rotatable bonds is 5. The van der Waals surface area contributed by atoms with Crippen molar-refractivity contribution in [2.45, 2.75) is 38.7 Å². The molecular formula is C19H28N2O3. The highest BCUT2D eigenvalue weighted by Crippen LogP contribution is 2.47. The first-order valence-corrected chi connectivity index (χ1v) is 8.83. The number of carbonyl (C=O) groups is 1. The first-order chi connectivity index (χ1) is 11.3. The quantitative estimate of drug-likeness (QED) is 0.841. The predicted molar refractivity (Wildman–Crippen MR) is 93.6 cm³/mol. The summed E-state index contributed by atoms with van der Waals surface area (Å²) in [5.74, 6) is 3.09. The lowest BCUT2D eigenvalue weighted by Crippen LogP contribution is -2.51. The number of amides is 1. The standard InChI is InChI=1S/C19H28N2O3/c1-14-12-16(14)17-6-4-15(24-17)5-7-18(22)21-10-8-20(9-11-21)13-19(2,3)23/h4-7,14,16,23H,8-13H2,1-3H3. The van der Waals surface area contributed by atoms with E-state index < -0.39 is 5.60 Å². The Bertz CT molecular complexity index is 606. The summed E-state index contributed by atoms with van der Waals surface area (Å²) in [6.45, 7) is 9.48. The average molecular weight is 332 g/mol. The second kappa shape index (κ2) is 6.73. The van der Waals surface area contributed by atoms with E-state index in [2.05, 4.69) is 11.8 Å². The number of β-amino-alcohol motifs (C(OH)–C–C–N with tert-alkyl or cyclic N) is 1. The van der Waals surface area contributed by atoms with Gasteiger partial charge in [-0.05, 0) is 44.4 Å². The van der Waals surface area contributed by atoms with Gasteiger partial charge in [-0.3, -0.25) is 9.69 Å². The molecule has 1 N–H and O–H groups in total. The fourth-order valence-corrected chi connectivity index (χ4v) is 3.31. The number of hydrogen-bond donors (Lipinski definition) is 1. The highest BCUT2D eigenvalue weighted by atomic mass is 16.3. The second-order valence-corrected chi connectivity index (χ2v) is 7.81. The molecule has 3 rings (SSSR count). The lowest BCUT2D eigenvalue weighted by Gasteiger charge is -2.36. The second-order valence-electron chi connectivity index (χ2n) is 7.81. The summed E-state index contributed by atoms with van der Waals surface area (Å²) >= 11 is 0. The van der Waals surface area contributed by atoms with Crippen molar-refractivity contribution < 1.29 is 14.3 Å². The molecule has 2 aliphatic rings. The van der Waals surface area contributed by atoms with Crippen molar-refractivity contribution in [2.75, 3.05) is 32.7 Å². The maximum atomic E-state index is 12.3. The zero-order chi connectivity index (χ0) is 17.3. The topological polar surface area (TPSA) is 56.9 Å². The molecule has 2 unspecified atom stereocenters. The SMILES string of the molecule is CC1CC1c1ccc(C=CC(=O)N2CCN(CC(C)(C)O)CC2)o1. The van der Waals surface area contributed by atoms with Gasteiger partial charge < -0.3 is 14.4 Å². The van der Waals surface area contributed by atoms with E-state index in [1.165, 1.54) is 6.42 Å². The van der Waals surface area contributed by atoms with Gasteiger partial charge in [0.1, 0.15) is 11.5 Å². The Balaban J connectivity index is 1.48. The van der Waals surface area contributed by atoms with Crippen LogP contribution in [0.2, 0.25) is 0 Å². The van der Waals surface area contributed by atoms with E-state index in [9.17, 15) is 9.90 Å². The van der Waals surface area contributed by atoms with Crippen molar-refractivity contribution in [3.8, 4) is 0 Å². The Labute approximate surface area is 143 Å². The van der Waals surface area contributed by atoms with Gasteiger partial charge in [0.2, 0.25) is 5.91 Å². The Kier molecular flexibility index (Phi) is 4.83. The minimum atomic E-state index is -0.692. The van der Waals surface area contributed by atoms with Gasteiger partial charge in [-0.25, -0.2) is 0 Å². The number of hydrogen-bond acceptors (Lipinski definition) is 4. The van der Waals surface area contributed by atoms with Crippen molar-refractivity contribution in [3.63, 3.8) is 0 Å². The molecule has 0 spiro atoms. The Morgan fingerprint density at radius 2 is 2.00 bits per heavy atom. The van der Waals surface area contributed by atoms with Crippen LogP contribution in [0.5, 0.6) is 0 Å². The monoisotopic (exact) mass is 332 g/mol. The maximum Gasteiger partial charge on any atom is 0.246 e. The van der Waals surface area contributed by atoms with Crippen LogP contribution < -0.4 is 0 Å². The van der Waals surface area contributed by atoms with Crippen molar-refractivity contribution in [2.24, 2.45) is 5.92 Å². The van der Waals surface area contributed by atoms with E-state index in [1.807, 2.05) is 30.9 Å². The minimum Gasteiger partial charge on any atom is -0.461 e. The van der Waals surface area contributed by atoms with Crippen LogP contribution in [0.25, 0.3) is 6.08 Å². The molecule has 1 aromatic rings. The zero-order valence-electron chi connectivity index (χ0n) is 14.9. The Morgan fingerprint density at radius 1 is 1.33 bits per heavy atom. The molecule has 2 fully saturated rings. The van der Waals surface area contributed by atoms with Crippen LogP contribution in [-0.2, 0) is 4.79 Å². The van der Waals surface area contributed by atoms with E-state index in [0.29, 0.717) is 25.6 Å². The van der Waals surface area contributed by atoms with E-state index in [1.54, 1.807) is 12.2 Å². The normalized spacial score (nSPS) is 25.4. The Hall–Kier alpha value is -1.59. The fourth-order valence-electron chi connectivity index (χ4n) is 3.31. The maximum absolute atomic E-state index is 12.3. The summed E-state index contributed by atoms with van der Waals surface area (Å²) in [7, 11) is 0. The molecule has 1 amide bonds. The number of piperazine rings is 1. The van der Waals surface area contributed by atoms with E-state index in [0.717, 1.165) is 30.5 Å². The van der Waals surface area contributed by atoms with Crippen LogP contribution in [0.1, 0.15) is 44.6 Å². The summed E-state index contributed by atoms with van der Waals surface area (Å²) in [6.07, 6.45) is 4.57.